The van der Waals surface area contributed by atoms with Gasteiger partial charge in [-0.05, 0) is 6.92 Å². The predicted molar refractivity (Wildman–Crippen MR) is 76.6 cm³/mol. The molecule has 0 amide bonds. The first-order valence-corrected chi connectivity index (χ1v) is 7.91. The molecule has 0 unspecified atom stereocenters. The Balaban J connectivity index is 2.11. The van der Waals surface area contributed by atoms with E-state index in [1.807, 2.05) is 0 Å². The number of rotatable bonds is 6. The van der Waals surface area contributed by atoms with E-state index in [0.29, 0.717) is 0 Å². The first kappa shape index (κ1) is 19.9. The minimum absolute atomic E-state index is 0.0271. The molecule has 2 saturated heterocycles. The second-order valence-electron chi connectivity index (χ2n) is 5.98. The van der Waals surface area contributed by atoms with Gasteiger partial charge >= 0.3 is 0 Å². The lowest BCUT2D eigenvalue weighted by atomic mass is 9.98. The zero-order chi connectivity index (χ0) is 17.9. The van der Waals surface area contributed by atoms with Crippen molar-refractivity contribution >= 4 is 0 Å². The molecule has 0 radical (unpaired) electrons. The number of aliphatic hydroxyl groups is 6. The highest BCUT2D eigenvalue weighted by molar-refractivity contribution is 4.92. The van der Waals surface area contributed by atoms with Crippen molar-refractivity contribution in [3.8, 4) is 0 Å². The van der Waals surface area contributed by atoms with Crippen LogP contribution in [0, 0.1) is 0 Å². The molecule has 0 aromatic heterocycles. The Morgan fingerprint density at radius 3 is 2.33 bits per heavy atom. The summed E-state index contributed by atoms with van der Waals surface area (Å²) in [7, 11) is 0. The van der Waals surface area contributed by atoms with E-state index in [2.05, 4.69) is 0 Å². The molecule has 0 saturated carbocycles. The van der Waals surface area contributed by atoms with Crippen molar-refractivity contribution in [3.63, 3.8) is 0 Å². The van der Waals surface area contributed by atoms with Crippen LogP contribution in [0.5, 0.6) is 0 Å². The Hall–Kier alpha value is -0.400. The standard InChI is InChI=1S/C14H26O10/c1-6-7(17)4-8(18)14(22-6)24-11-10(19)9(5-16)23-13(20)12(11)21-3-2-15/h6-20H,2-5H2,1H3/t6-,7-,8-,9-,10-,11+,12+,13+,14-/m1/s1. The molecular formula is C14H26O10. The molecule has 9 atom stereocenters. The SMILES string of the molecule is C[C@H]1O[C@H](O[C@H]2[C@H](O)[C@@H](CO)O[C@H](O)[C@H]2OCCO)[C@H](O)C[C@H]1O. The Bertz CT molecular complexity index is 383. The summed E-state index contributed by atoms with van der Waals surface area (Å²) in [6, 6.07) is 0. The van der Waals surface area contributed by atoms with Crippen molar-refractivity contribution in [2.75, 3.05) is 19.8 Å². The van der Waals surface area contributed by atoms with E-state index in [9.17, 15) is 25.5 Å². The van der Waals surface area contributed by atoms with Crippen molar-refractivity contribution in [2.24, 2.45) is 0 Å². The summed E-state index contributed by atoms with van der Waals surface area (Å²) in [5, 5.41) is 58.1. The van der Waals surface area contributed by atoms with Gasteiger partial charge in [-0.25, -0.2) is 0 Å². The van der Waals surface area contributed by atoms with Crippen LogP contribution in [-0.2, 0) is 18.9 Å². The largest absolute Gasteiger partial charge is 0.394 e. The van der Waals surface area contributed by atoms with E-state index < -0.39 is 61.9 Å². The van der Waals surface area contributed by atoms with Crippen LogP contribution in [0.1, 0.15) is 13.3 Å². The van der Waals surface area contributed by atoms with Gasteiger partial charge in [0.15, 0.2) is 12.6 Å². The lowest BCUT2D eigenvalue weighted by molar-refractivity contribution is -0.347. The van der Waals surface area contributed by atoms with Gasteiger partial charge in [-0.3, -0.25) is 0 Å². The van der Waals surface area contributed by atoms with E-state index in [-0.39, 0.29) is 19.6 Å². The molecule has 2 rings (SSSR count). The number of hydrogen-bond acceptors (Lipinski definition) is 10. The Morgan fingerprint density at radius 1 is 1.00 bits per heavy atom. The maximum Gasteiger partial charge on any atom is 0.184 e. The van der Waals surface area contributed by atoms with Gasteiger partial charge in [0.25, 0.3) is 0 Å². The molecule has 0 spiro atoms. The van der Waals surface area contributed by atoms with Crippen LogP contribution in [0.15, 0.2) is 0 Å². The third kappa shape index (κ3) is 4.41. The average molecular weight is 354 g/mol. The van der Waals surface area contributed by atoms with Crippen LogP contribution >= 0.6 is 0 Å². The number of ether oxygens (including phenoxy) is 4. The summed E-state index contributed by atoms with van der Waals surface area (Å²) in [4.78, 5) is 0. The minimum atomic E-state index is -1.51. The normalized spacial score (nSPS) is 46.9. The molecule has 24 heavy (non-hydrogen) atoms. The van der Waals surface area contributed by atoms with E-state index in [1.165, 1.54) is 0 Å². The molecule has 2 fully saturated rings. The molecule has 6 N–H and O–H groups in total. The van der Waals surface area contributed by atoms with Gasteiger partial charge in [0.1, 0.15) is 30.5 Å². The van der Waals surface area contributed by atoms with Gasteiger partial charge < -0.3 is 49.6 Å². The number of hydrogen-bond donors (Lipinski definition) is 6. The van der Waals surface area contributed by atoms with Crippen molar-refractivity contribution in [1.82, 2.24) is 0 Å². The maximum absolute atomic E-state index is 10.3. The third-order valence-electron chi connectivity index (χ3n) is 4.20. The average Bonchev–Trinajstić information content (AvgIpc) is 2.54. The first-order valence-electron chi connectivity index (χ1n) is 7.91. The third-order valence-corrected chi connectivity index (χ3v) is 4.20. The zero-order valence-electron chi connectivity index (χ0n) is 13.3. The molecule has 10 nitrogen and oxygen atoms in total. The Kier molecular flexibility index (Phi) is 7.31. The molecule has 142 valence electrons. The van der Waals surface area contributed by atoms with Gasteiger partial charge in [0, 0.05) is 6.42 Å². The van der Waals surface area contributed by atoms with E-state index >= 15 is 0 Å². The molecular weight excluding hydrogens is 328 g/mol. The van der Waals surface area contributed by atoms with Gasteiger partial charge in [-0.15, -0.1) is 0 Å². The smallest absolute Gasteiger partial charge is 0.184 e. The molecule has 0 aliphatic carbocycles. The lowest BCUT2D eigenvalue weighted by Gasteiger charge is -2.45. The summed E-state index contributed by atoms with van der Waals surface area (Å²) in [6.45, 7) is 0.596. The quantitative estimate of drug-likeness (QED) is 0.285. The van der Waals surface area contributed by atoms with E-state index in [0.717, 1.165) is 0 Å². The highest BCUT2D eigenvalue weighted by Gasteiger charge is 2.48. The Morgan fingerprint density at radius 2 is 1.71 bits per heavy atom. The van der Waals surface area contributed by atoms with Crippen LogP contribution in [0.4, 0.5) is 0 Å². The van der Waals surface area contributed by atoms with Gasteiger partial charge in [0.2, 0.25) is 0 Å². The van der Waals surface area contributed by atoms with Crippen LogP contribution in [0.25, 0.3) is 0 Å². The highest BCUT2D eigenvalue weighted by atomic mass is 16.7. The minimum Gasteiger partial charge on any atom is -0.394 e. The van der Waals surface area contributed by atoms with Crippen LogP contribution in [0.3, 0.4) is 0 Å². The van der Waals surface area contributed by atoms with Crippen LogP contribution < -0.4 is 0 Å². The Labute approximate surface area is 139 Å². The van der Waals surface area contributed by atoms with Gasteiger partial charge in [0.05, 0.1) is 32.0 Å². The van der Waals surface area contributed by atoms with Gasteiger partial charge in [-0.1, -0.05) is 0 Å². The van der Waals surface area contributed by atoms with Crippen LogP contribution in [-0.4, -0.2) is 106 Å². The molecule has 2 heterocycles. The second kappa shape index (κ2) is 8.81. The fourth-order valence-corrected chi connectivity index (χ4v) is 2.80. The molecule has 10 heteroatoms. The predicted octanol–water partition coefficient (Wildman–Crippen LogP) is -3.32. The fourth-order valence-electron chi connectivity index (χ4n) is 2.80. The van der Waals surface area contributed by atoms with Crippen molar-refractivity contribution in [2.45, 2.75) is 68.7 Å². The van der Waals surface area contributed by atoms with Crippen molar-refractivity contribution < 1.29 is 49.6 Å². The molecule has 0 aromatic carbocycles. The van der Waals surface area contributed by atoms with E-state index in [4.69, 9.17) is 24.1 Å². The highest BCUT2D eigenvalue weighted by Crippen LogP contribution is 2.29. The topological polar surface area (TPSA) is 158 Å². The summed E-state index contributed by atoms with van der Waals surface area (Å²) in [5.74, 6) is 0. The summed E-state index contributed by atoms with van der Waals surface area (Å²) >= 11 is 0. The molecule has 2 aliphatic heterocycles. The summed E-state index contributed by atoms with van der Waals surface area (Å²) in [6.07, 6.45) is -10.0. The molecule has 0 bridgehead atoms. The van der Waals surface area contributed by atoms with Crippen LogP contribution in [0.2, 0.25) is 0 Å². The van der Waals surface area contributed by atoms with Crippen molar-refractivity contribution in [3.05, 3.63) is 0 Å². The first-order chi connectivity index (χ1) is 11.4. The zero-order valence-corrected chi connectivity index (χ0v) is 13.3. The molecule has 2 aliphatic rings. The monoisotopic (exact) mass is 354 g/mol. The van der Waals surface area contributed by atoms with Crippen molar-refractivity contribution in [1.29, 1.82) is 0 Å². The lowest BCUT2D eigenvalue weighted by Crippen LogP contribution is -2.62. The summed E-state index contributed by atoms with van der Waals surface area (Å²) < 4.78 is 21.3. The van der Waals surface area contributed by atoms with E-state index in [1.54, 1.807) is 6.92 Å². The maximum atomic E-state index is 10.3. The van der Waals surface area contributed by atoms with Gasteiger partial charge in [-0.2, -0.15) is 0 Å². The molecule has 0 aromatic rings. The fraction of sp³-hybridized carbons (Fsp3) is 1.00. The second-order valence-corrected chi connectivity index (χ2v) is 5.98. The summed E-state index contributed by atoms with van der Waals surface area (Å²) in [5.41, 5.74) is 0. The number of aliphatic hydroxyl groups excluding tert-OH is 6.